The summed E-state index contributed by atoms with van der Waals surface area (Å²) in [5.74, 6) is 0. The van der Waals surface area contributed by atoms with Gasteiger partial charge in [-0.25, -0.2) is 18.9 Å². The highest BCUT2D eigenvalue weighted by atomic mass is 35.5. The maximum absolute atomic E-state index is 13.5. The van der Waals surface area contributed by atoms with Crippen molar-refractivity contribution in [2.75, 3.05) is 27.4 Å². The van der Waals surface area contributed by atoms with Gasteiger partial charge < -0.3 is 23.7 Å². The first-order chi connectivity index (χ1) is 20.0. The second kappa shape index (κ2) is 13.0. The van der Waals surface area contributed by atoms with Gasteiger partial charge in [-0.15, -0.1) is 0 Å². The molecular formula is C22H23ClN5O13P. The fourth-order valence-electron chi connectivity index (χ4n) is 4.17. The van der Waals surface area contributed by atoms with Crippen LogP contribution in [-0.4, -0.2) is 67.2 Å². The van der Waals surface area contributed by atoms with Crippen molar-refractivity contribution in [2.45, 2.75) is 36.7 Å². The van der Waals surface area contributed by atoms with E-state index in [0.29, 0.717) is 10.6 Å². The number of methoxy groups -OCH3 is 2. The molecule has 2 aliphatic heterocycles. The van der Waals surface area contributed by atoms with E-state index in [-0.39, 0.29) is 13.0 Å². The summed E-state index contributed by atoms with van der Waals surface area (Å²) in [6.45, 7) is -1.07. The molecule has 4 rings (SSSR count). The van der Waals surface area contributed by atoms with Crippen molar-refractivity contribution in [1.82, 2.24) is 9.55 Å². The van der Waals surface area contributed by atoms with Gasteiger partial charge >= 0.3 is 25.8 Å². The number of azide groups is 1. The van der Waals surface area contributed by atoms with Gasteiger partial charge in [0, 0.05) is 28.6 Å². The van der Waals surface area contributed by atoms with E-state index < -0.39 is 68.3 Å². The fraction of sp³-hybridized carbons (Fsp3) is 0.455. The molecule has 6 atom stereocenters. The Labute approximate surface area is 240 Å². The number of phosphoric acid groups is 1. The smallest absolute Gasteiger partial charge is 0.438 e. The molecule has 2 aromatic rings. The van der Waals surface area contributed by atoms with Gasteiger partial charge in [-0.05, 0) is 23.2 Å². The molecule has 3 heterocycles. The number of rotatable bonds is 8. The molecule has 2 saturated heterocycles. The average Bonchev–Trinajstić information content (AvgIpc) is 3.24. The third kappa shape index (κ3) is 6.77. The Morgan fingerprint density at radius 1 is 1.24 bits per heavy atom. The number of carbonyl (C=O) groups is 2. The van der Waals surface area contributed by atoms with Gasteiger partial charge in [0.2, 0.25) is 5.72 Å². The van der Waals surface area contributed by atoms with Crippen molar-refractivity contribution >= 4 is 31.7 Å². The number of carbonyl (C=O) groups excluding carboxylic acids is 2. The molecule has 42 heavy (non-hydrogen) atoms. The second-order valence-corrected chi connectivity index (χ2v) is 10.6. The first kappa shape index (κ1) is 31.1. The summed E-state index contributed by atoms with van der Waals surface area (Å²) in [5, 5.41) is 3.97. The lowest BCUT2D eigenvalue weighted by Gasteiger charge is -2.33. The van der Waals surface area contributed by atoms with E-state index in [1.54, 1.807) is 24.3 Å². The van der Waals surface area contributed by atoms with Gasteiger partial charge in [0.05, 0.1) is 33.5 Å². The fourth-order valence-corrected chi connectivity index (χ4v) is 5.77. The molecular weight excluding hydrogens is 609 g/mol. The summed E-state index contributed by atoms with van der Waals surface area (Å²) >= 11 is 6.06. The van der Waals surface area contributed by atoms with Gasteiger partial charge in [-0.3, -0.25) is 27.9 Å². The van der Waals surface area contributed by atoms with Crippen LogP contribution in [0.25, 0.3) is 10.4 Å². The van der Waals surface area contributed by atoms with Gasteiger partial charge in [-0.1, -0.05) is 28.8 Å². The Hall–Kier alpha value is -3.89. The number of nitrogens with zero attached hydrogens (tertiary/aromatic N) is 4. The Bertz CT molecular complexity index is 1540. The minimum atomic E-state index is -4.42. The molecule has 0 aliphatic carbocycles. The molecule has 20 heteroatoms. The summed E-state index contributed by atoms with van der Waals surface area (Å²) in [5.41, 5.74) is 5.71. The normalized spacial score (nSPS) is 28.7. The quantitative estimate of drug-likeness (QED) is 0.145. The minimum absolute atomic E-state index is 0.0740. The Morgan fingerprint density at radius 2 is 1.98 bits per heavy atom. The third-order valence-corrected chi connectivity index (χ3v) is 7.70. The lowest BCUT2D eigenvalue weighted by Crippen LogP contribution is -2.49. The predicted octanol–water partition coefficient (Wildman–Crippen LogP) is 3.33. The van der Waals surface area contributed by atoms with Gasteiger partial charge in [0.15, 0.2) is 18.4 Å². The van der Waals surface area contributed by atoms with Crippen LogP contribution >= 0.6 is 19.4 Å². The van der Waals surface area contributed by atoms with E-state index in [9.17, 15) is 29.3 Å². The van der Waals surface area contributed by atoms with Crippen LogP contribution in [0.2, 0.25) is 5.02 Å². The standard InChI is InChI=1S/C22H23ClN5O13P/c1-34-20(31)38-16-17(39-21(32)35-2)22(26-27-24,40-18(16)28-8-6-15(29)25-19(28)30)11-37-42(33)36-9-7-14(41-42)12-4-3-5-13(23)10-12/h3-6,8,10,14,16-18H,7,9,11H2,1-2H3,(H,25,29,30)/t14-,16+,17-,18+,22+,42?/m0/s1. The Kier molecular flexibility index (Phi) is 9.58. The van der Waals surface area contributed by atoms with Crippen LogP contribution in [-0.2, 0) is 41.8 Å². The van der Waals surface area contributed by atoms with Crippen LogP contribution in [0.3, 0.4) is 0 Å². The van der Waals surface area contributed by atoms with E-state index >= 15 is 0 Å². The van der Waals surface area contributed by atoms with Crippen molar-refractivity contribution in [3.63, 3.8) is 0 Å². The number of H-pyrrole nitrogens is 1. The molecule has 226 valence electrons. The van der Waals surface area contributed by atoms with Crippen molar-refractivity contribution in [3.8, 4) is 0 Å². The first-order valence-corrected chi connectivity index (χ1v) is 13.7. The summed E-state index contributed by atoms with van der Waals surface area (Å²) < 4.78 is 56.0. The van der Waals surface area contributed by atoms with Crippen molar-refractivity contribution < 1.29 is 51.4 Å². The lowest BCUT2D eigenvalue weighted by molar-refractivity contribution is -0.131. The topological polar surface area (TPSA) is 229 Å². The summed E-state index contributed by atoms with van der Waals surface area (Å²) in [4.78, 5) is 53.4. The van der Waals surface area contributed by atoms with Gasteiger partial charge in [-0.2, -0.15) is 0 Å². The highest BCUT2D eigenvalue weighted by Crippen LogP contribution is 2.58. The van der Waals surface area contributed by atoms with Crippen LogP contribution < -0.4 is 11.2 Å². The average molecular weight is 632 g/mol. The van der Waals surface area contributed by atoms with Crippen molar-refractivity contribution in [3.05, 3.63) is 78.4 Å². The number of halogens is 1. The van der Waals surface area contributed by atoms with Crippen molar-refractivity contribution in [1.29, 1.82) is 0 Å². The zero-order valence-electron chi connectivity index (χ0n) is 21.8. The van der Waals surface area contributed by atoms with Crippen molar-refractivity contribution in [2.24, 2.45) is 5.11 Å². The Balaban J connectivity index is 1.72. The molecule has 0 saturated carbocycles. The number of aromatic nitrogens is 2. The summed E-state index contributed by atoms with van der Waals surface area (Å²) in [6.07, 6.45) is -7.62. The molecule has 18 nitrogen and oxygen atoms in total. The third-order valence-electron chi connectivity index (χ3n) is 6.01. The monoisotopic (exact) mass is 631 g/mol. The van der Waals surface area contributed by atoms with E-state index in [1.807, 2.05) is 4.98 Å². The molecule has 0 amide bonds. The molecule has 2 aliphatic rings. The van der Waals surface area contributed by atoms with Crippen LogP contribution in [0.5, 0.6) is 0 Å². The number of benzene rings is 1. The van der Waals surface area contributed by atoms with E-state index in [2.05, 4.69) is 19.5 Å². The van der Waals surface area contributed by atoms with E-state index in [4.69, 9.17) is 39.4 Å². The number of hydrogen-bond donors (Lipinski definition) is 1. The largest absolute Gasteiger partial charge is 0.508 e. The maximum Gasteiger partial charge on any atom is 0.508 e. The van der Waals surface area contributed by atoms with Gasteiger partial charge in [0.1, 0.15) is 0 Å². The predicted molar refractivity (Wildman–Crippen MR) is 137 cm³/mol. The Morgan fingerprint density at radius 3 is 2.64 bits per heavy atom. The summed E-state index contributed by atoms with van der Waals surface area (Å²) in [6, 6.07) is 7.54. The highest BCUT2D eigenvalue weighted by molar-refractivity contribution is 7.48. The first-order valence-electron chi connectivity index (χ1n) is 11.9. The lowest BCUT2D eigenvalue weighted by atomic mass is 10.1. The second-order valence-electron chi connectivity index (χ2n) is 8.58. The zero-order valence-corrected chi connectivity index (χ0v) is 23.5. The molecule has 1 aromatic carbocycles. The van der Waals surface area contributed by atoms with Crippen LogP contribution in [0, 0.1) is 0 Å². The number of hydrogen-bond acceptors (Lipinski definition) is 14. The van der Waals surface area contributed by atoms with Gasteiger partial charge in [0.25, 0.3) is 5.56 Å². The molecule has 1 aromatic heterocycles. The maximum atomic E-state index is 13.5. The zero-order chi connectivity index (χ0) is 30.5. The van der Waals surface area contributed by atoms with Crippen LogP contribution in [0.4, 0.5) is 9.59 Å². The van der Waals surface area contributed by atoms with E-state index in [1.165, 1.54) is 0 Å². The van der Waals surface area contributed by atoms with Crippen LogP contribution in [0.1, 0.15) is 24.3 Å². The molecule has 0 bridgehead atoms. The number of nitrogens with one attached hydrogen (secondary N) is 1. The number of aromatic amines is 1. The van der Waals surface area contributed by atoms with Crippen LogP contribution in [0.15, 0.2) is 51.2 Å². The molecule has 2 fully saturated rings. The molecule has 0 radical (unpaired) electrons. The molecule has 1 N–H and O–H groups in total. The highest BCUT2D eigenvalue weighted by Gasteiger charge is 2.62. The van der Waals surface area contributed by atoms with E-state index in [0.717, 1.165) is 31.0 Å². The summed E-state index contributed by atoms with van der Waals surface area (Å²) in [7, 11) is -2.49. The molecule has 1 unspecified atom stereocenters. The minimum Gasteiger partial charge on any atom is -0.438 e. The SMILES string of the molecule is COC(=O)O[C@H]1[C@H](n2ccc(=O)[nH]c2=O)O[C@@](COP2(=O)OCC[C@@H](c3cccc(Cl)c3)O2)(N=[N+]=[N-])[C@H]1OC(=O)OC. The number of phosphoric ester groups is 1. The number of ether oxygens (including phenoxy) is 5. The molecule has 0 spiro atoms.